The third-order valence-corrected chi connectivity index (χ3v) is 14.3. The van der Waals surface area contributed by atoms with Gasteiger partial charge in [0.2, 0.25) is 0 Å². The molecular weight excluding hydrogens is 957 g/mol. The summed E-state index contributed by atoms with van der Waals surface area (Å²) in [6, 6.07) is 0. The summed E-state index contributed by atoms with van der Waals surface area (Å²) in [5.41, 5.74) is 0. The molecule has 0 spiro atoms. The molecule has 2 fully saturated rings. The van der Waals surface area contributed by atoms with Crippen LogP contribution < -0.4 is 0 Å². The Morgan fingerprint density at radius 3 is 1.31 bits per heavy atom. The Kier molecular flexibility index (Phi) is 44.1. The van der Waals surface area contributed by atoms with Crippen LogP contribution in [0.15, 0.2) is 48.6 Å². The molecule has 2 saturated heterocycles. The summed E-state index contributed by atoms with van der Waals surface area (Å²) in [5.74, 6) is -0.380. The average Bonchev–Trinajstić information content (AvgIpc) is 3.41. The molecule has 2 heterocycles. The molecule has 0 radical (unpaired) electrons. The lowest BCUT2D eigenvalue weighted by molar-refractivity contribution is -0.332. The van der Waals surface area contributed by atoms with Crippen LogP contribution in [0.1, 0.15) is 232 Å². The van der Waals surface area contributed by atoms with Crippen molar-refractivity contribution in [3.63, 3.8) is 0 Å². The molecule has 0 aromatic heterocycles. The zero-order valence-electron chi connectivity index (χ0n) is 47.0. The van der Waals surface area contributed by atoms with E-state index in [1.807, 2.05) is 0 Å². The summed E-state index contributed by atoms with van der Waals surface area (Å²) in [4.78, 5) is 13.1. The number of unbranched alkanes of at least 4 members (excludes halogenated alkanes) is 27. The van der Waals surface area contributed by atoms with E-state index in [9.17, 15) is 40.5 Å². The van der Waals surface area contributed by atoms with E-state index in [4.69, 9.17) is 28.4 Å². The highest BCUT2D eigenvalue weighted by Crippen LogP contribution is 2.27. The first kappa shape index (κ1) is 69.1. The first-order chi connectivity index (χ1) is 36.6. The summed E-state index contributed by atoms with van der Waals surface area (Å²) >= 11 is 0. The minimum atomic E-state index is -1.71. The number of carbonyl (C=O) groups is 1. The van der Waals surface area contributed by atoms with Gasteiger partial charge in [-0.25, -0.2) is 0 Å². The standard InChI is InChI=1S/C61H110O14/c1-3-5-7-9-11-13-15-17-19-21-23-25-26-28-30-32-34-36-38-40-42-44-53(63)73-50(47-70-45-43-41-39-37-35-33-31-29-27-24-22-20-18-16-14-12-10-8-6-4-2)48-71-60-59(69)57(67)55(65)52(75-60)49-72-61-58(68)56(66)54(64)51(46-62)74-61/h12,14-15,17-18,20-21,23,50-52,54-62,64-69H,3-11,13,16,19,22,24-49H2,1-2H3/b14-12-,17-15-,20-18-,23-21-. The topological polar surface area (TPSA) is 214 Å². The van der Waals surface area contributed by atoms with Gasteiger partial charge in [-0.15, -0.1) is 0 Å². The van der Waals surface area contributed by atoms with E-state index in [0.717, 1.165) is 57.8 Å². The molecule has 438 valence electrons. The van der Waals surface area contributed by atoms with Gasteiger partial charge in [0.25, 0.3) is 0 Å². The van der Waals surface area contributed by atoms with Gasteiger partial charge in [0.05, 0.1) is 26.4 Å². The third-order valence-electron chi connectivity index (χ3n) is 14.3. The van der Waals surface area contributed by atoms with Crippen molar-refractivity contribution in [1.29, 1.82) is 0 Å². The molecule has 0 aromatic carbocycles. The molecule has 14 nitrogen and oxygen atoms in total. The molecule has 0 amide bonds. The molecule has 2 aliphatic rings. The van der Waals surface area contributed by atoms with Crippen LogP contribution in [0.5, 0.6) is 0 Å². The fourth-order valence-electron chi connectivity index (χ4n) is 9.41. The first-order valence-electron chi connectivity index (χ1n) is 30.2. The van der Waals surface area contributed by atoms with Gasteiger partial charge in [-0.05, 0) is 77.0 Å². The molecule has 2 aliphatic heterocycles. The summed E-state index contributed by atoms with van der Waals surface area (Å²) in [5, 5.41) is 72.4. The second-order valence-corrected chi connectivity index (χ2v) is 21.2. The van der Waals surface area contributed by atoms with Crippen molar-refractivity contribution in [2.75, 3.05) is 33.0 Å². The molecule has 14 heteroatoms. The summed E-state index contributed by atoms with van der Waals surface area (Å²) in [6.45, 7) is 3.67. The van der Waals surface area contributed by atoms with E-state index in [0.29, 0.717) is 13.0 Å². The fraction of sp³-hybridized carbons (Fsp3) is 0.852. The van der Waals surface area contributed by atoms with Crippen LogP contribution in [-0.4, -0.2) is 142 Å². The van der Waals surface area contributed by atoms with E-state index in [1.165, 1.54) is 148 Å². The number of aliphatic hydroxyl groups is 7. The van der Waals surface area contributed by atoms with Gasteiger partial charge in [0.1, 0.15) is 54.9 Å². The lowest BCUT2D eigenvalue weighted by Gasteiger charge is -2.42. The molecule has 0 bridgehead atoms. The van der Waals surface area contributed by atoms with Crippen molar-refractivity contribution in [1.82, 2.24) is 0 Å². The second-order valence-electron chi connectivity index (χ2n) is 21.2. The van der Waals surface area contributed by atoms with Gasteiger partial charge in [0.15, 0.2) is 12.6 Å². The van der Waals surface area contributed by atoms with E-state index >= 15 is 0 Å². The van der Waals surface area contributed by atoms with Gasteiger partial charge < -0.3 is 64.2 Å². The summed E-state index contributed by atoms with van der Waals surface area (Å²) in [6.07, 6.45) is 41.6. The maximum Gasteiger partial charge on any atom is 0.306 e. The van der Waals surface area contributed by atoms with Crippen molar-refractivity contribution < 1.29 is 69.0 Å². The van der Waals surface area contributed by atoms with Gasteiger partial charge in [-0.1, -0.05) is 197 Å². The van der Waals surface area contributed by atoms with Crippen LogP contribution in [0, 0.1) is 0 Å². The maximum absolute atomic E-state index is 13.1. The normalized spacial score (nSPS) is 24.9. The zero-order valence-corrected chi connectivity index (χ0v) is 47.0. The van der Waals surface area contributed by atoms with Crippen LogP contribution in [0.2, 0.25) is 0 Å². The summed E-state index contributed by atoms with van der Waals surface area (Å²) < 4.78 is 34.4. The lowest BCUT2D eigenvalue weighted by Crippen LogP contribution is -2.61. The number of aliphatic hydroxyl groups excluding tert-OH is 7. The van der Waals surface area contributed by atoms with Gasteiger partial charge in [-0.3, -0.25) is 4.79 Å². The van der Waals surface area contributed by atoms with Crippen LogP contribution >= 0.6 is 0 Å². The highest BCUT2D eigenvalue weighted by molar-refractivity contribution is 5.69. The SMILES string of the molecule is CCCCC/C=C\C/C=C\CCCCCCCCCCCCOCC(COC1OC(COC2OC(CO)C(O)C(O)C2O)C(O)C(O)C1O)OC(=O)CCCCCCCCCCC/C=C\C/C=C\CCCCCCC. The molecule has 0 saturated carbocycles. The van der Waals surface area contributed by atoms with Gasteiger partial charge in [0, 0.05) is 13.0 Å². The Bertz CT molecular complexity index is 1420. The number of hydrogen-bond donors (Lipinski definition) is 7. The van der Waals surface area contributed by atoms with Crippen LogP contribution in [0.3, 0.4) is 0 Å². The number of rotatable bonds is 49. The Morgan fingerprint density at radius 1 is 0.440 bits per heavy atom. The number of ether oxygens (including phenoxy) is 6. The maximum atomic E-state index is 13.1. The van der Waals surface area contributed by atoms with Crippen molar-refractivity contribution in [2.24, 2.45) is 0 Å². The number of carbonyl (C=O) groups excluding carboxylic acids is 1. The minimum Gasteiger partial charge on any atom is -0.457 e. The predicted octanol–water partition coefficient (Wildman–Crippen LogP) is 11.1. The molecular formula is C61H110O14. The molecule has 7 N–H and O–H groups in total. The average molecular weight is 1070 g/mol. The van der Waals surface area contributed by atoms with Crippen molar-refractivity contribution >= 4 is 5.97 Å². The summed E-state index contributed by atoms with van der Waals surface area (Å²) in [7, 11) is 0. The van der Waals surface area contributed by atoms with Crippen molar-refractivity contribution in [3.05, 3.63) is 48.6 Å². The smallest absolute Gasteiger partial charge is 0.306 e. The molecule has 0 aliphatic carbocycles. The second kappa shape index (κ2) is 47.9. The molecule has 11 atom stereocenters. The van der Waals surface area contributed by atoms with E-state index in [-0.39, 0.29) is 25.6 Å². The Labute approximate surface area is 454 Å². The van der Waals surface area contributed by atoms with Crippen LogP contribution in [0.25, 0.3) is 0 Å². The highest BCUT2D eigenvalue weighted by Gasteiger charge is 2.47. The van der Waals surface area contributed by atoms with E-state index < -0.39 is 80.7 Å². The first-order valence-corrected chi connectivity index (χ1v) is 30.2. The molecule has 75 heavy (non-hydrogen) atoms. The van der Waals surface area contributed by atoms with Gasteiger partial charge in [-0.2, -0.15) is 0 Å². The van der Waals surface area contributed by atoms with Crippen LogP contribution in [0.4, 0.5) is 0 Å². The number of allylic oxidation sites excluding steroid dienone is 8. The number of esters is 1. The van der Waals surface area contributed by atoms with E-state index in [2.05, 4.69) is 62.5 Å². The van der Waals surface area contributed by atoms with Crippen LogP contribution in [-0.2, 0) is 33.2 Å². The zero-order chi connectivity index (χ0) is 54.4. The minimum absolute atomic E-state index is 0.0578. The Morgan fingerprint density at radius 2 is 0.827 bits per heavy atom. The molecule has 11 unspecified atom stereocenters. The largest absolute Gasteiger partial charge is 0.457 e. The van der Waals surface area contributed by atoms with Crippen molar-refractivity contribution in [2.45, 2.75) is 300 Å². The Balaban J connectivity index is 1.71. The lowest BCUT2D eigenvalue weighted by atomic mass is 9.98. The third kappa shape index (κ3) is 34.5. The Hall–Kier alpha value is -2.05. The monoisotopic (exact) mass is 1070 g/mol. The van der Waals surface area contributed by atoms with Crippen molar-refractivity contribution in [3.8, 4) is 0 Å². The quantitative estimate of drug-likeness (QED) is 0.0172. The molecule has 2 rings (SSSR count). The molecule has 0 aromatic rings. The predicted molar refractivity (Wildman–Crippen MR) is 298 cm³/mol. The fourth-order valence-corrected chi connectivity index (χ4v) is 9.41. The highest BCUT2D eigenvalue weighted by atomic mass is 16.7. The van der Waals surface area contributed by atoms with E-state index in [1.54, 1.807) is 0 Å². The van der Waals surface area contributed by atoms with Gasteiger partial charge >= 0.3 is 5.97 Å². The number of hydrogen-bond acceptors (Lipinski definition) is 14.